The summed E-state index contributed by atoms with van der Waals surface area (Å²) < 4.78 is 28.4. The van der Waals surface area contributed by atoms with Crippen LogP contribution < -0.4 is 4.72 Å². The van der Waals surface area contributed by atoms with Crippen molar-refractivity contribution in [3.8, 4) is 0 Å². The molecule has 8 heteroatoms. The minimum absolute atomic E-state index is 0.0206. The van der Waals surface area contributed by atoms with Crippen LogP contribution in [0.5, 0.6) is 0 Å². The van der Waals surface area contributed by atoms with E-state index in [1.54, 1.807) is 0 Å². The molecule has 1 heterocycles. The first-order chi connectivity index (χ1) is 9.88. The molecule has 1 unspecified atom stereocenters. The molecule has 2 rings (SSSR count). The van der Waals surface area contributed by atoms with Gasteiger partial charge in [0.15, 0.2) is 0 Å². The summed E-state index contributed by atoms with van der Waals surface area (Å²) in [6.07, 6.45) is 4.73. The van der Waals surface area contributed by atoms with Gasteiger partial charge in [0.05, 0.1) is 5.92 Å². The van der Waals surface area contributed by atoms with E-state index in [0.29, 0.717) is 19.4 Å². The van der Waals surface area contributed by atoms with E-state index in [2.05, 4.69) is 4.72 Å². The second-order valence-electron chi connectivity index (χ2n) is 6.23. The zero-order chi connectivity index (χ0) is 15.5. The number of nitrogens with one attached hydrogen (secondary N) is 1. The van der Waals surface area contributed by atoms with Gasteiger partial charge in [-0.25, -0.2) is 4.72 Å². The van der Waals surface area contributed by atoms with Crippen molar-refractivity contribution >= 4 is 16.2 Å². The summed E-state index contributed by atoms with van der Waals surface area (Å²) in [5.74, 6) is -1.58. The second kappa shape index (κ2) is 6.60. The Morgan fingerprint density at radius 3 is 2.52 bits per heavy atom. The Hall–Kier alpha value is -0.700. The quantitative estimate of drug-likeness (QED) is 0.647. The number of piperidine rings is 1. The molecule has 1 aliphatic heterocycles. The van der Waals surface area contributed by atoms with Gasteiger partial charge < -0.3 is 10.2 Å². The number of hydrogen-bond acceptors (Lipinski definition) is 4. The lowest BCUT2D eigenvalue weighted by Gasteiger charge is -2.32. The average molecular weight is 320 g/mol. The molecule has 7 nitrogen and oxygen atoms in total. The first-order valence-electron chi connectivity index (χ1n) is 7.47. The molecule has 0 aromatic rings. The zero-order valence-corrected chi connectivity index (χ0v) is 12.9. The molecule has 2 aliphatic rings. The van der Waals surface area contributed by atoms with Crippen LogP contribution >= 0.6 is 0 Å². The highest BCUT2D eigenvalue weighted by atomic mass is 32.2. The molecule has 1 aliphatic carbocycles. The number of aliphatic hydroxyl groups is 1. The number of hydrogen-bond donors (Lipinski definition) is 3. The summed E-state index contributed by atoms with van der Waals surface area (Å²) in [4.78, 5) is 11.0. The van der Waals surface area contributed by atoms with Crippen LogP contribution in [-0.4, -0.2) is 55.1 Å². The highest BCUT2D eigenvalue weighted by Crippen LogP contribution is 2.37. The summed E-state index contributed by atoms with van der Waals surface area (Å²) in [7, 11) is -3.68. The number of carboxylic acid groups (broad SMARTS) is 1. The third-order valence-corrected chi connectivity index (χ3v) is 6.22. The zero-order valence-electron chi connectivity index (χ0n) is 12.1. The van der Waals surface area contributed by atoms with Gasteiger partial charge in [0.25, 0.3) is 10.2 Å². The number of rotatable bonds is 6. The van der Waals surface area contributed by atoms with Crippen LogP contribution in [0.4, 0.5) is 0 Å². The fourth-order valence-corrected chi connectivity index (χ4v) is 4.63. The van der Waals surface area contributed by atoms with Crippen molar-refractivity contribution in [3.05, 3.63) is 0 Å². The fraction of sp³-hybridized carbons (Fsp3) is 0.923. The molecule has 0 aromatic carbocycles. The van der Waals surface area contributed by atoms with Gasteiger partial charge in [-0.2, -0.15) is 12.7 Å². The molecule has 0 radical (unpaired) electrons. The number of aliphatic hydroxyl groups excluding tert-OH is 1. The molecule has 1 saturated carbocycles. The Morgan fingerprint density at radius 2 is 1.95 bits per heavy atom. The van der Waals surface area contributed by atoms with Crippen LogP contribution in [-0.2, 0) is 15.0 Å². The minimum Gasteiger partial charge on any atom is -0.481 e. The monoisotopic (exact) mass is 320 g/mol. The highest BCUT2D eigenvalue weighted by Gasteiger charge is 2.37. The first kappa shape index (κ1) is 16.7. The lowest BCUT2D eigenvalue weighted by molar-refractivity contribution is -0.142. The first-order valence-corrected chi connectivity index (χ1v) is 8.91. The van der Waals surface area contributed by atoms with Gasteiger partial charge in [-0.15, -0.1) is 0 Å². The SMILES string of the molecule is O=C(O)C1CCCN(S(=O)(=O)NCC2(CO)CCCC2)C1. The van der Waals surface area contributed by atoms with Crippen molar-refractivity contribution < 1.29 is 23.4 Å². The Kier molecular flexibility index (Phi) is 5.24. The summed E-state index contributed by atoms with van der Waals surface area (Å²) in [5.41, 5.74) is -0.352. The predicted molar refractivity (Wildman–Crippen MR) is 76.8 cm³/mol. The van der Waals surface area contributed by atoms with Gasteiger partial charge in [-0.3, -0.25) is 4.79 Å². The van der Waals surface area contributed by atoms with Crippen LogP contribution in [0.1, 0.15) is 38.5 Å². The highest BCUT2D eigenvalue weighted by molar-refractivity contribution is 7.87. The lowest BCUT2D eigenvalue weighted by Crippen LogP contribution is -2.50. The fourth-order valence-electron chi connectivity index (χ4n) is 3.21. The van der Waals surface area contributed by atoms with Crippen LogP contribution in [0.2, 0.25) is 0 Å². The molecule has 1 saturated heterocycles. The molecule has 21 heavy (non-hydrogen) atoms. The van der Waals surface area contributed by atoms with Gasteiger partial charge in [-0.05, 0) is 25.7 Å². The standard InChI is InChI=1S/C13H24N2O5S/c16-10-13(5-1-2-6-13)9-14-21(19,20)15-7-3-4-11(8-15)12(17)18/h11,14,16H,1-10H2,(H,17,18). The van der Waals surface area contributed by atoms with Crippen LogP contribution in [0, 0.1) is 11.3 Å². The van der Waals surface area contributed by atoms with E-state index < -0.39 is 22.1 Å². The van der Waals surface area contributed by atoms with Gasteiger partial charge in [0, 0.05) is 31.7 Å². The summed E-state index contributed by atoms with van der Waals surface area (Å²) in [5, 5.41) is 18.5. The molecule has 0 bridgehead atoms. The minimum atomic E-state index is -3.68. The van der Waals surface area contributed by atoms with E-state index in [1.807, 2.05) is 0 Å². The normalized spacial score (nSPS) is 26.8. The third-order valence-electron chi connectivity index (χ3n) is 4.70. The molecule has 0 amide bonds. The van der Waals surface area contributed by atoms with Gasteiger partial charge in [-0.1, -0.05) is 12.8 Å². The maximum Gasteiger partial charge on any atom is 0.307 e. The van der Waals surface area contributed by atoms with Crippen LogP contribution in [0.15, 0.2) is 0 Å². The molecule has 3 N–H and O–H groups in total. The van der Waals surface area contributed by atoms with Gasteiger partial charge in [0.1, 0.15) is 0 Å². The largest absolute Gasteiger partial charge is 0.481 e. The third kappa shape index (κ3) is 3.94. The molecule has 0 aromatic heterocycles. The maximum atomic E-state index is 12.3. The molecular formula is C13H24N2O5S. The summed E-state index contributed by atoms with van der Waals surface area (Å²) in [6.45, 7) is 0.579. The topological polar surface area (TPSA) is 107 Å². The number of carboxylic acids is 1. The average Bonchev–Trinajstić information content (AvgIpc) is 2.95. The van der Waals surface area contributed by atoms with Gasteiger partial charge in [0.2, 0.25) is 0 Å². The molecular weight excluding hydrogens is 296 g/mol. The smallest absolute Gasteiger partial charge is 0.307 e. The van der Waals surface area contributed by atoms with Crippen molar-refractivity contribution in [2.75, 3.05) is 26.2 Å². The maximum absolute atomic E-state index is 12.3. The number of carbonyl (C=O) groups is 1. The number of nitrogens with zero attached hydrogens (tertiary/aromatic N) is 1. The second-order valence-corrected chi connectivity index (χ2v) is 7.98. The van der Waals surface area contributed by atoms with Crippen molar-refractivity contribution in [3.63, 3.8) is 0 Å². The Bertz CT molecular complexity index is 473. The molecule has 0 spiro atoms. The predicted octanol–water partition coefficient (Wildman–Crippen LogP) is 0.170. The van der Waals surface area contributed by atoms with E-state index in [0.717, 1.165) is 25.7 Å². The molecule has 1 atom stereocenters. The van der Waals surface area contributed by atoms with E-state index in [1.165, 1.54) is 4.31 Å². The molecule has 2 fully saturated rings. The van der Waals surface area contributed by atoms with Crippen molar-refractivity contribution in [2.45, 2.75) is 38.5 Å². The van der Waals surface area contributed by atoms with Crippen LogP contribution in [0.25, 0.3) is 0 Å². The van der Waals surface area contributed by atoms with E-state index in [9.17, 15) is 18.3 Å². The van der Waals surface area contributed by atoms with Crippen molar-refractivity contribution in [1.82, 2.24) is 9.03 Å². The van der Waals surface area contributed by atoms with Gasteiger partial charge >= 0.3 is 5.97 Å². The van der Waals surface area contributed by atoms with E-state index >= 15 is 0 Å². The lowest BCUT2D eigenvalue weighted by atomic mass is 9.88. The van der Waals surface area contributed by atoms with Crippen molar-refractivity contribution in [2.24, 2.45) is 11.3 Å². The van der Waals surface area contributed by atoms with Crippen LogP contribution in [0.3, 0.4) is 0 Å². The Labute approximate surface area is 125 Å². The number of aliphatic carboxylic acids is 1. The Morgan fingerprint density at radius 1 is 1.29 bits per heavy atom. The van der Waals surface area contributed by atoms with E-state index in [4.69, 9.17) is 5.11 Å². The molecule has 122 valence electrons. The van der Waals surface area contributed by atoms with Crippen molar-refractivity contribution in [1.29, 1.82) is 0 Å². The van der Waals surface area contributed by atoms with E-state index in [-0.39, 0.29) is 25.1 Å². The summed E-state index contributed by atoms with van der Waals surface area (Å²) in [6, 6.07) is 0. The summed E-state index contributed by atoms with van der Waals surface area (Å²) >= 11 is 0. The Balaban J connectivity index is 1.96.